The first-order valence-corrected chi connectivity index (χ1v) is 8.08. The van der Waals surface area contributed by atoms with Crippen LogP contribution in [0.2, 0.25) is 0 Å². The van der Waals surface area contributed by atoms with Crippen molar-refractivity contribution in [2.45, 2.75) is 6.54 Å². The van der Waals surface area contributed by atoms with Crippen molar-refractivity contribution in [2.24, 2.45) is 11.8 Å². The number of hydrogen-bond donors (Lipinski definition) is 0. The highest BCUT2D eigenvalue weighted by atomic mass is 32.1. The number of aromatic nitrogens is 2. The van der Waals surface area contributed by atoms with Crippen molar-refractivity contribution in [3.63, 3.8) is 0 Å². The van der Waals surface area contributed by atoms with E-state index in [9.17, 15) is 0 Å². The first-order chi connectivity index (χ1) is 9.88. The molecule has 4 rings (SSSR count). The van der Waals surface area contributed by atoms with Gasteiger partial charge in [0.1, 0.15) is 0 Å². The van der Waals surface area contributed by atoms with Crippen LogP contribution in [0.15, 0.2) is 35.3 Å². The van der Waals surface area contributed by atoms with E-state index in [1.165, 1.54) is 18.7 Å². The van der Waals surface area contributed by atoms with Crippen molar-refractivity contribution in [3.05, 3.63) is 40.8 Å². The second-order valence-electron chi connectivity index (χ2n) is 5.80. The fraction of sp³-hybridized carbons (Fsp3) is 0.467. The standard InChI is InChI=1S/C15H18N4S/c1-3-16-15(17-4-1)19-9-13-7-18(8-14(13)10-19)6-12-2-5-20-11-12/h1-5,11,13-14H,6-10H2/t13-,14-/m1/s1. The van der Waals surface area contributed by atoms with Crippen molar-refractivity contribution < 1.29 is 0 Å². The molecule has 5 heteroatoms. The van der Waals surface area contributed by atoms with Crippen molar-refractivity contribution in [3.8, 4) is 0 Å². The molecule has 2 aliphatic rings. The van der Waals surface area contributed by atoms with Crippen molar-refractivity contribution in [1.82, 2.24) is 14.9 Å². The largest absolute Gasteiger partial charge is 0.340 e. The monoisotopic (exact) mass is 286 g/mol. The van der Waals surface area contributed by atoms with E-state index in [2.05, 4.69) is 36.6 Å². The van der Waals surface area contributed by atoms with Gasteiger partial charge in [0.15, 0.2) is 0 Å². The molecule has 4 heterocycles. The Bertz CT molecular complexity index is 543. The topological polar surface area (TPSA) is 32.3 Å². The summed E-state index contributed by atoms with van der Waals surface area (Å²) in [5.41, 5.74) is 1.46. The predicted octanol–water partition coefficient (Wildman–Crippen LogP) is 2.11. The zero-order chi connectivity index (χ0) is 13.4. The number of rotatable bonds is 3. The fourth-order valence-corrected chi connectivity index (χ4v) is 4.14. The van der Waals surface area contributed by atoms with Crippen molar-refractivity contribution >= 4 is 17.3 Å². The Kier molecular flexibility index (Phi) is 3.16. The number of anilines is 1. The highest BCUT2D eigenvalue weighted by molar-refractivity contribution is 7.07. The van der Waals surface area contributed by atoms with Gasteiger partial charge in [-0.1, -0.05) is 0 Å². The highest BCUT2D eigenvalue weighted by Gasteiger charge is 2.40. The number of nitrogens with zero attached hydrogens (tertiary/aromatic N) is 4. The highest BCUT2D eigenvalue weighted by Crippen LogP contribution is 2.33. The number of fused-ring (bicyclic) bond motifs is 1. The van der Waals surface area contributed by atoms with Gasteiger partial charge in [-0.05, 0) is 40.3 Å². The van der Waals surface area contributed by atoms with Gasteiger partial charge >= 0.3 is 0 Å². The second-order valence-corrected chi connectivity index (χ2v) is 6.58. The van der Waals surface area contributed by atoms with Gasteiger partial charge in [0.05, 0.1) is 0 Å². The van der Waals surface area contributed by atoms with Crippen LogP contribution in [0.3, 0.4) is 0 Å². The minimum Gasteiger partial charge on any atom is -0.340 e. The molecule has 0 spiro atoms. The Balaban J connectivity index is 1.38. The molecule has 2 saturated heterocycles. The molecule has 0 unspecified atom stereocenters. The lowest BCUT2D eigenvalue weighted by atomic mass is 10.0. The first kappa shape index (κ1) is 12.3. The summed E-state index contributed by atoms with van der Waals surface area (Å²) in [5, 5.41) is 4.43. The summed E-state index contributed by atoms with van der Waals surface area (Å²) in [6, 6.07) is 4.12. The summed E-state index contributed by atoms with van der Waals surface area (Å²) in [7, 11) is 0. The minimum atomic E-state index is 0.775. The zero-order valence-corrected chi connectivity index (χ0v) is 12.2. The quantitative estimate of drug-likeness (QED) is 0.865. The van der Waals surface area contributed by atoms with Crippen LogP contribution < -0.4 is 4.90 Å². The normalized spacial score (nSPS) is 26.1. The van der Waals surface area contributed by atoms with Crippen LogP contribution >= 0.6 is 11.3 Å². The predicted molar refractivity (Wildman–Crippen MR) is 80.8 cm³/mol. The van der Waals surface area contributed by atoms with E-state index < -0.39 is 0 Å². The first-order valence-electron chi connectivity index (χ1n) is 7.14. The third-order valence-corrected chi connectivity index (χ3v) is 5.12. The van der Waals surface area contributed by atoms with Gasteiger partial charge in [-0.25, -0.2) is 9.97 Å². The molecule has 0 aliphatic carbocycles. The van der Waals surface area contributed by atoms with Gasteiger partial charge in [0, 0.05) is 45.1 Å². The molecule has 0 radical (unpaired) electrons. The third-order valence-electron chi connectivity index (χ3n) is 4.38. The van der Waals surface area contributed by atoms with E-state index in [1.54, 1.807) is 11.3 Å². The lowest BCUT2D eigenvalue weighted by Crippen LogP contribution is -2.29. The van der Waals surface area contributed by atoms with Crippen LogP contribution in [0.4, 0.5) is 5.95 Å². The van der Waals surface area contributed by atoms with Crippen LogP contribution in [0, 0.1) is 11.8 Å². The minimum absolute atomic E-state index is 0.775. The molecule has 0 bridgehead atoms. The number of likely N-dealkylation sites (tertiary alicyclic amines) is 1. The number of hydrogen-bond acceptors (Lipinski definition) is 5. The average molecular weight is 286 g/mol. The van der Waals surface area contributed by atoms with Gasteiger partial charge in [-0.15, -0.1) is 0 Å². The summed E-state index contributed by atoms with van der Waals surface area (Å²) >= 11 is 1.79. The molecule has 0 amide bonds. The molecule has 0 N–H and O–H groups in total. The molecule has 2 aromatic heterocycles. The Morgan fingerprint density at radius 1 is 1.10 bits per heavy atom. The molecule has 104 valence electrons. The van der Waals surface area contributed by atoms with Crippen molar-refractivity contribution in [1.29, 1.82) is 0 Å². The smallest absolute Gasteiger partial charge is 0.225 e. The Morgan fingerprint density at radius 3 is 2.50 bits per heavy atom. The molecule has 20 heavy (non-hydrogen) atoms. The van der Waals surface area contributed by atoms with Crippen LogP contribution in [-0.2, 0) is 6.54 Å². The lowest BCUT2D eigenvalue weighted by molar-refractivity contribution is 0.309. The summed E-state index contributed by atoms with van der Waals surface area (Å²) in [6.45, 7) is 5.75. The van der Waals surface area contributed by atoms with Gasteiger partial charge < -0.3 is 4.90 Å². The van der Waals surface area contributed by atoms with Crippen molar-refractivity contribution in [2.75, 3.05) is 31.1 Å². The molecular formula is C15H18N4S. The molecule has 4 nitrogen and oxygen atoms in total. The van der Waals surface area contributed by atoms with E-state index in [1.807, 2.05) is 18.5 Å². The summed E-state index contributed by atoms with van der Waals surface area (Å²) < 4.78 is 0. The Hall–Kier alpha value is -1.46. The lowest BCUT2D eigenvalue weighted by Gasteiger charge is -2.21. The molecular weight excluding hydrogens is 268 g/mol. The third kappa shape index (κ3) is 2.31. The van der Waals surface area contributed by atoms with Gasteiger partial charge in [0.2, 0.25) is 5.95 Å². The molecule has 2 fully saturated rings. The number of thiophene rings is 1. The van der Waals surface area contributed by atoms with Gasteiger partial charge in [-0.3, -0.25) is 4.90 Å². The van der Waals surface area contributed by atoms with E-state index in [0.717, 1.165) is 37.4 Å². The summed E-state index contributed by atoms with van der Waals surface area (Å²) in [6.07, 6.45) is 3.67. The van der Waals surface area contributed by atoms with E-state index >= 15 is 0 Å². The second kappa shape index (κ2) is 5.14. The SMILES string of the molecule is c1cnc(N2C[C@H]3CN(Cc4ccsc4)C[C@@H]3C2)nc1. The maximum absolute atomic E-state index is 4.37. The molecule has 0 aromatic carbocycles. The maximum Gasteiger partial charge on any atom is 0.225 e. The average Bonchev–Trinajstić information content (AvgIpc) is 3.16. The van der Waals surface area contributed by atoms with E-state index in [0.29, 0.717) is 0 Å². The summed E-state index contributed by atoms with van der Waals surface area (Å²) in [4.78, 5) is 13.7. The molecule has 0 saturated carbocycles. The fourth-order valence-electron chi connectivity index (χ4n) is 3.48. The molecule has 2 aromatic rings. The maximum atomic E-state index is 4.37. The summed E-state index contributed by atoms with van der Waals surface area (Å²) in [5.74, 6) is 2.45. The van der Waals surface area contributed by atoms with Crippen LogP contribution in [-0.4, -0.2) is 41.0 Å². The van der Waals surface area contributed by atoms with Crippen LogP contribution in [0.25, 0.3) is 0 Å². The zero-order valence-electron chi connectivity index (χ0n) is 11.4. The van der Waals surface area contributed by atoms with E-state index in [-0.39, 0.29) is 0 Å². The van der Waals surface area contributed by atoms with Crippen LogP contribution in [0.1, 0.15) is 5.56 Å². The van der Waals surface area contributed by atoms with E-state index in [4.69, 9.17) is 0 Å². The Morgan fingerprint density at radius 2 is 1.85 bits per heavy atom. The van der Waals surface area contributed by atoms with Crippen LogP contribution in [0.5, 0.6) is 0 Å². The molecule has 2 atom stereocenters. The Labute approximate surface area is 123 Å². The van der Waals surface area contributed by atoms with Gasteiger partial charge in [-0.2, -0.15) is 11.3 Å². The molecule has 2 aliphatic heterocycles. The van der Waals surface area contributed by atoms with Gasteiger partial charge in [0.25, 0.3) is 0 Å².